The lowest BCUT2D eigenvalue weighted by Crippen LogP contribution is -2.28. The van der Waals surface area contributed by atoms with Gasteiger partial charge in [0, 0.05) is 12.5 Å². The molecule has 112 valence electrons. The number of aromatic nitrogens is 3. The van der Waals surface area contributed by atoms with Crippen molar-refractivity contribution in [3.8, 4) is 0 Å². The molecule has 3 rings (SSSR count). The van der Waals surface area contributed by atoms with Gasteiger partial charge >= 0.3 is 0 Å². The van der Waals surface area contributed by atoms with Crippen molar-refractivity contribution in [3.63, 3.8) is 0 Å². The molecule has 2 unspecified atom stereocenters. The molecule has 1 N–H and O–H groups in total. The first kappa shape index (κ1) is 14.2. The highest BCUT2D eigenvalue weighted by Gasteiger charge is 2.47. The maximum Gasteiger partial charge on any atom is 0.215 e. The molecule has 0 radical (unpaired) electrons. The predicted molar refractivity (Wildman–Crippen MR) is 79.0 cm³/mol. The Bertz CT molecular complexity index is 712. The lowest BCUT2D eigenvalue weighted by Gasteiger charge is -2.07. The molecule has 7 heteroatoms. The first-order chi connectivity index (χ1) is 10.1. The Balaban J connectivity index is 1.64. The molecule has 1 aliphatic carbocycles. The predicted octanol–water partition coefficient (Wildman–Crippen LogP) is 1.27. The van der Waals surface area contributed by atoms with Gasteiger partial charge in [-0.2, -0.15) is 0 Å². The smallest absolute Gasteiger partial charge is 0.215 e. The summed E-state index contributed by atoms with van der Waals surface area (Å²) in [6.07, 6.45) is 2.29. The number of rotatable bonds is 6. The summed E-state index contributed by atoms with van der Waals surface area (Å²) < 4.78 is 29.1. The summed E-state index contributed by atoms with van der Waals surface area (Å²) in [6, 6.07) is 9.77. The Morgan fingerprint density at radius 3 is 2.81 bits per heavy atom. The first-order valence-corrected chi connectivity index (χ1v) is 8.56. The summed E-state index contributed by atoms with van der Waals surface area (Å²) in [5.41, 5.74) is 1.09. The van der Waals surface area contributed by atoms with Gasteiger partial charge in [0.1, 0.15) is 12.2 Å². The Morgan fingerprint density at radius 2 is 2.10 bits per heavy atom. The maximum atomic E-state index is 12.3. The lowest BCUT2D eigenvalue weighted by atomic mass is 10.1. The number of nitrogens with one attached hydrogen (secondary N) is 1. The monoisotopic (exact) mass is 306 g/mol. The Hall–Kier alpha value is -1.73. The number of benzene rings is 1. The average Bonchev–Trinajstić information content (AvgIpc) is 3.19. The SMILES string of the molecule is CCn1cnnc1CNS(=O)(=O)C1CC1c1ccccc1. The number of aryl methyl sites for hydroxylation is 1. The van der Waals surface area contributed by atoms with E-state index in [1.54, 1.807) is 6.33 Å². The van der Waals surface area contributed by atoms with E-state index in [1.807, 2.05) is 41.8 Å². The van der Waals surface area contributed by atoms with Crippen LogP contribution in [-0.2, 0) is 23.1 Å². The van der Waals surface area contributed by atoms with Crippen LogP contribution in [-0.4, -0.2) is 28.4 Å². The second kappa shape index (κ2) is 5.57. The Morgan fingerprint density at radius 1 is 1.33 bits per heavy atom. The van der Waals surface area contributed by atoms with E-state index in [2.05, 4.69) is 14.9 Å². The van der Waals surface area contributed by atoms with Gasteiger partial charge in [0.15, 0.2) is 0 Å². The molecule has 2 aromatic rings. The fourth-order valence-corrected chi connectivity index (χ4v) is 4.11. The quantitative estimate of drug-likeness (QED) is 0.872. The third-order valence-corrected chi connectivity index (χ3v) is 5.69. The number of sulfonamides is 1. The number of hydrogen-bond acceptors (Lipinski definition) is 4. The molecule has 1 saturated carbocycles. The molecule has 1 fully saturated rings. The van der Waals surface area contributed by atoms with Crippen LogP contribution >= 0.6 is 0 Å². The van der Waals surface area contributed by atoms with E-state index < -0.39 is 10.0 Å². The summed E-state index contributed by atoms with van der Waals surface area (Å²) >= 11 is 0. The highest BCUT2D eigenvalue weighted by atomic mass is 32.2. The van der Waals surface area contributed by atoms with E-state index in [4.69, 9.17) is 0 Å². The van der Waals surface area contributed by atoms with Gasteiger partial charge in [-0.15, -0.1) is 10.2 Å². The Labute approximate surface area is 124 Å². The van der Waals surface area contributed by atoms with Gasteiger partial charge in [-0.1, -0.05) is 30.3 Å². The standard InChI is InChI=1S/C14H18N4O2S/c1-2-18-10-15-17-14(18)9-16-21(19,20)13-8-12(13)11-6-4-3-5-7-11/h3-7,10,12-13,16H,2,8-9H2,1H3. The van der Waals surface area contributed by atoms with E-state index in [0.29, 0.717) is 12.2 Å². The van der Waals surface area contributed by atoms with Crippen molar-refractivity contribution < 1.29 is 8.42 Å². The van der Waals surface area contributed by atoms with Gasteiger partial charge < -0.3 is 4.57 Å². The fraction of sp³-hybridized carbons (Fsp3) is 0.429. The summed E-state index contributed by atoms with van der Waals surface area (Å²) in [6.45, 7) is 2.88. The van der Waals surface area contributed by atoms with Crippen molar-refractivity contribution >= 4 is 10.0 Å². The van der Waals surface area contributed by atoms with Crippen molar-refractivity contribution in [3.05, 3.63) is 48.0 Å². The zero-order chi connectivity index (χ0) is 14.9. The summed E-state index contributed by atoms with van der Waals surface area (Å²) in [5, 5.41) is 7.39. The largest absolute Gasteiger partial charge is 0.317 e. The molecule has 1 aromatic heterocycles. The van der Waals surface area contributed by atoms with Gasteiger partial charge in [0.2, 0.25) is 10.0 Å². The average molecular weight is 306 g/mol. The molecule has 0 bridgehead atoms. The van der Waals surface area contributed by atoms with Crippen LogP contribution < -0.4 is 4.72 Å². The summed E-state index contributed by atoms with van der Waals surface area (Å²) in [7, 11) is -3.32. The minimum absolute atomic E-state index is 0.104. The summed E-state index contributed by atoms with van der Waals surface area (Å²) in [5.74, 6) is 0.741. The van der Waals surface area contributed by atoms with E-state index in [-0.39, 0.29) is 17.7 Å². The molecule has 1 aromatic carbocycles. The van der Waals surface area contributed by atoms with Crippen LogP contribution in [0, 0.1) is 0 Å². The molecule has 0 amide bonds. The highest BCUT2D eigenvalue weighted by molar-refractivity contribution is 7.90. The molecular formula is C14H18N4O2S. The maximum absolute atomic E-state index is 12.3. The van der Waals surface area contributed by atoms with Crippen molar-refractivity contribution in [2.75, 3.05) is 0 Å². The van der Waals surface area contributed by atoms with Crippen molar-refractivity contribution in [2.24, 2.45) is 0 Å². The molecule has 0 aliphatic heterocycles. The van der Waals surface area contributed by atoms with Crippen molar-refractivity contribution in [1.82, 2.24) is 19.5 Å². The number of hydrogen-bond donors (Lipinski definition) is 1. The number of nitrogens with zero attached hydrogens (tertiary/aromatic N) is 3. The molecule has 2 atom stereocenters. The van der Waals surface area contributed by atoms with Crippen molar-refractivity contribution in [1.29, 1.82) is 0 Å². The fourth-order valence-electron chi connectivity index (χ4n) is 2.52. The van der Waals surface area contributed by atoms with Crippen LogP contribution in [0.25, 0.3) is 0 Å². The van der Waals surface area contributed by atoms with E-state index in [1.165, 1.54) is 0 Å². The second-order valence-electron chi connectivity index (χ2n) is 5.19. The topological polar surface area (TPSA) is 76.9 Å². The van der Waals surface area contributed by atoms with Gasteiger partial charge in [0.25, 0.3) is 0 Å². The van der Waals surface area contributed by atoms with E-state index >= 15 is 0 Å². The van der Waals surface area contributed by atoms with Crippen LogP contribution in [0.3, 0.4) is 0 Å². The molecule has 1 heterocycles. The molecule has 21 heavy (non-hydrogen) atoms. The molecule has 1 aliphatic rings. The normalized spacial score (nSPS) is 21.4. The first-order valence-electron chi connectivity index (χ1n) is 7.02. The lowest BCUT2D eigenvalue weighted by molar-refractivity contribution is 0.573. The summed E-state index contributed by atoms with van der Waals surface area (Å²) in [4.78, 5) is 0. The minimum Gasteiger partial charge on any atom is -0.317 e. The van der Waals surface area contributed by atoms with E-state index in [9.17, 15) is 8.42 Å². The third-order valence-electron chi connectivity index (χ3n) is 3.83. The molecule has 6 nitrogen and oxygen atoms in total. The van der Waals surface area contributed by atoms with Gasteiger partial charge in [-0.05, 0) is 18.9 Å². The second-order valence-corrected chi connectivity index (χ2v) is 7.17. The van der Waals surface area contributed by atoms with Crippen molar-refractivity contribution in [2.45, 2.75) is 37.6 Å². The van der Waals surface area contributed by atoms with Crippen LogP contribution in [0.4, 0.5) is 0 Å². The van der Waals surface area contributed by atoms with Gasteiger partial charge in [-0.3, -0.25) is 0 Å². The molecule has 0 saturated heterocycles. The van der Waals surface area contributed by atoms with E-state index in [0.717, 1.165) is 12.1 Å². The highest BCUT2D eigenvalue weighted by Crippen LogP contribution is 2.45. The minimum atomic E-state index is -3.32. The zero-order valence-electron chi connectivity index (χ0n) is 11.8. The zero-order valence-corrected chi connectivity index (χ0v) is 12.6. The molecule has 0 spiro atoms. The molecular weight excluding hydrogens is 288 g/mol. The van der Waals surface area contributed by atoms with Gasteiger partial charge in [0.05, 0.1) is 11.8 Å². The van der Waals surface area contributed by atoms with Crippen LogP contribution in [0.15, 0.2) is 36.7 Å². The Kier molecular flexibility index (Phi) is 3.77. The van der Waals surface area contributed by atoms with Crippen LogP contribution in [0.1, 0.15) is 30.7 Å². The third kappa shape index (κ3) is 2.98. The van der Waals surface area contributed by atoms with Gasteiger partial charge in [-0.25, -0.2) is 13.1 Å². The van der Waals surface area contributed by atoms with Crippen LogP contribution in [0.2, 0.25) is 0 Å². The van der Waals surface area contributed by atoms with Crippen LogP contribution in [0.5, 0.6) is 0 Å².